The maximum absolute atomic E-state index is 12.1. The van der Waals surface area contributed by atoms with Gasteiger partial charge < -0.3 is 10.1 Å². The molecule has 5 heteroatoms. The highest BCUT2D eigenvalue weighted by atomic mass is 16.5. The predicted molar refractivity (Wildman–Crippen MR) is 90.7 cm³/mol. The van der Waals surface area contributed by atoms with Crippen LogP contribution >= 0.6 is 0 Å². The van der Waals surface area contributed by atoms with Crippen molar-refractivity contribution in [3.05, 3.63) is 54.4 Å². The number of benzene rings is 2. The van der Waals surface area contributed by atoms with Crippen molar-refractivity contribution >= 4 is 22.4 Å². The zero-order valence-electron chi connectivity index (χ0n) is 13.2. The lowest BCUT2D eigenvalue weighted by molar-refractivity contribution is -0.118. The molecule has 0 saturated heterocycles. The van der Waals surface area contributed by atoms with Crippen molar-refractivity contribution in [3.63, 3.8) is 0 Å². The molecule has 3 aromatic rings. The van der Waals surface area contributed by atoms with Gasteiger partial charge in [0, 0.05) is 13.2 Å². The molecule has 0 aliphatic rings. The third kappa shape index (κ3) is 3.51. The number of amides is 1. The van der Waals surface area contributed by atoms with Crippen molar-refractivity contribution in [2.75, 3.05) is 11.9 Å². The maximum Gasteiger partial charge on any atom is 0.262 e. The maximum atomic E-state index is 12.1. The second-order valence-electron chi connectivity index (χ2n) is 5.36. The minimum absolute atomic E-state index is 0.0314. The number of carbonyl (C=O) groups excluding carboxylic acids is 1. The molecule has 1 aromatic heterocycles. The van der Waals surface area contributed by atoms with Gasteiger partial charge in [-0.2, -0.15) is 5.10 Å². The molecular formula is C18H19N3O2. The Balaban J connectivity index is 1.63. The topological polar surface area (TPSA) is 56.2 Å². The van der Waals surface area contributed by atoms with Crippen LogP contribution in [-0.2, 0) is 18.3 Å². The third-order valence-electron chi connectivity index (χ3n) is 3.61. The second-order valence-corrected chi connectivity index (χ2v) is 5.36. The Morgan fingerprint density at radius 2 is 2.00 bits per heavy atom. The molecule has 0 bridgehead atoms. The first kappa shape index (κ1) is 15.1. The Morgan fingerprint density at radius 1 is 1.22 bits per heavy atom. The van der Waals surface area contributed by atoms with Gasteiger partial charge in [-0.1, -0.05) is 37.3 Å². The molecule has 0 saturated carbocycles. The van der Waals surface area contributed by atoms with E-state index >= 15 is 0 Å². The summed E-state index contributed by atoms with van der Waals surface area (Å²) in [6, 6.07) is 13.8. The van der Waals surface area contributed by atoms with Crippen LogP contribution in [0.4, 0.5) is 5.69 Å². The third-order valence-corrected chi connectivity index (χ3v) is 3.61. The summed E-state index contributed by atoms with van der Waals surface area (Å²) in [5, 5.41) is 9.37. The summed E-state index contributed by atoms with van der Waals surface area (Å²) in [6.07, 6.45) is 2.56. The number of ether oxygens (including phenoxy) is 1. The average molecular weight is 309 g/mol. The number of aryl methyl sites for hydroxylation is 2. The Labute approximate surface area is 134 Å². The molecule has 0 unspecified atom stereocenters. The van der Waals surface area contributed by atoms with Crippen LogP contribution in [-0.4, -0.2) is 22.3 Å². The molecule has 3 rings (SSSR count). The highest BCUT2D eigenvalue weighted by molar-refractivity contribution is 5.92. The highest BCUT2D eigenvalue weighted by Gasteiger charge is 2.10. The van der Waals surface area contributed by atoms with Crippen molar-refractivity contribution in [2.24, 2.45) is 7.05 Å². The number of fused-ring (bicyclic) bond motifs is 1. The molecule has 0 aliphatic heterocycles. The van der Waals surface area contributed by atoms with Gasteiger partial charge in [-0.3, -0.25) is 9.48 Å². The van der Waals surface area contributed by atoms with E-state index in [1.165, 1.54) is 0 Å². The van der Waals surface area contributed by atoms with E-state index in [1.807, 2.05) is 56.4 Å². The number of carbonyl (C=O) groups is 1. The van der Waals surface area contributed by atoms with Crippen LogP contribution < -0.4 is 10.1 Å². The molecular weight excluding hydrogens is 290 g/mol. The van der Waals surface area contributed by atoms with Crippen LogP contribution in [0.5, 0.6) is 5.75 Å². The molecule has 0 aliphatic carbocycles. The highest BCUT2D eigenvalue weighted by Crippen LogP contribution is 2.20. The molecule has 1 amide bonds. The van der Waals surface area contributed by atoms with Crippen LogP contribution in [0, 0.1) is 0 Å². The molecule has 0 radical (unpaired) electrons. The minimum atomic E-state index is -0.194. The fourth-order valence-electron chi connectivity index (χ4n) is 2.49. The lowest BCUT2D eigenvalue weighted by Crippen LogP contribution is -2.20. The zero-order valence-corrected chi connectivity index (χ0v) is 13.2. The van der Waals surface area contributed by atoms with E-state index in [1.54, 1.807) is 10.9 Å². The van der Waals surface area contributed by atoms with E-state index in [2.05, 4.69) is 10.4 Å². The lowest BCUT2D eigenvalue weighted by Gasteiger charge is -2.08. The summed E-state index contributed by atoms with van der Waals surface area (Å²) >= 11 is 0. The fraction of sp³-hybridized carbons (Fsp3) is 0.222. The summed E-state index contributed by atoms with van der Waals surface area (Å²) < 4.78 is 7.28. The van der Waals surface area contributed by atoms with Crippen molar-refractivity contribution in [1.82, 2.24) is 9.78 Å². The number of hydrogen-bond acceptors (Lipinski definition) is 3. The largest absolute Gasteiger partial charge is 0.484 e. The van der Waals surface area contributed by atoms with Gasteiger partial charge in [0.25, 0.3) is 5.91 Å². The van der Waals surface area contributed by atoms with E-state index in [4.69, 9.17) is 4.74 Å². The molecule has 23 heavy (non-hydrogen) atoms. The summed E-state index contributed by atoms with van der Waals surface area (Å²) in [5.74, 6) is 0.488. The molecule has 0 fully saturated rings. The van der Waals surface area contributed by atoms with Gasteiger partial charge in [0.05, 0.1) is 11.4 Å². The Bertz CT molecular complexity index is 839. The normalized spacial score (nSPS) is 10.7. The van der Waals surface area contributed by atoms with E-state index in [0.717, 1.165) is 28.6 Å². The van der Waals surface area contributed by atoms with Crippen molar-refractivity contribution in [3.8, 4) is 5.75 Å². The molecule has 0 atom stereocenters. The lowest BCUT2D eigenvalue weighted by atomic mass is 10.1. The van der Waals surface area contributed by atoms with Crippen LogP contribution in [0.15, 0.2) is 48.7 Å². The molecule has 1 N–H and O–H groups in total. The number of rotatable bonds is 5. The summed E-state index contributed by atoms with van der Waals surface area (Å²) in [7, 11) is 1.83. The number of hydrogen-bond donors (Lipinski definition) is 1. The Morgan fingerprint density at radius 3 is 2.78 bits per heavy atom. The molecule has 5 nitrogen and oxygen atoms in total. The summed E-state index contributed by atoms with van der Waals surface area (Å²) in [5.41, 5.74) is 1.61. The van der Waals surface area contributed by atoms with Gasteiger partial charge >= 0.3 is 0 Å². The minimum Gasteiger partial charge on any atom is -0.484 e. The first-order chi connectivity index (χ1) is 11.2. The van der Waals surface area contributed by atoms with Crippen molar-refractivity contribution in [2.45, 2.75) is 13.3 Å². The molecule has 0 spiro atoms. The van der Waals surface area contributed by atoms with E-state index in [9.17, 15) is 4.79 Å². The van der Waals surface area contributed by atoms with Gasteiger partial charge in [-0.05, 0) is 29.3 Å². The van der Waals surface area contributed by atoms with Gasteiger partial charge in [-0.25, -0.2) is 0 Å². The van der Waals surface area contributed by atoms with Crippen molar-refractivity contribution in [1.29, 1.82) is 0 Å². The molecule has 1 heterocycles. The quantitative estimate of drug-likeness (QED) is 0.787. The van der Waals surface area contributed by atoms with E-state index in [-0.39, 0.29) is 12.5 Å². The fourth-order valence-corrected chi connectivity index (χ4v) is 2.49. The summed E-state index contributed by atoms with van der Waals surface area (Å²) in [6.45, 7) is 1.97. The summed E-state index contributed by atoms with van der Waals surface area (Å²) in [4.78, 5) is 12.1. The number of anilines is 1. The van der Waals surface area contributed by atoms with E-state index < -0.39 is 0 Å². The first-order valence-electron chi connectivity index (χ1n) is 7.59. The van der Waals surface area contributed by atoms with Gasteiger partial charge in [0.15, 0.2) is 6.61 Å². The van der Waals surface area contributed by atoms with Crippen molar-refractivity contribution < 1.29 is 9.53 Å². The smallest absolute Gasteiger partial charge is 0.262 e. The average Bonchev–Trinajstić information content (AvgIpc) is 2.92. The molecule has 118 valence electrons. The van der Waals surface area contributed by atoms with E-state index in [0.29, 0.717) is 5.75 Å². The number of nitrogens with one attached hydrogen (secondary N) is 1. The number of nitrogens with zero attached hydrogens (tertiary/aromatic N) is 2. The van der Waals surface area contributed by atoms with Crippen LogP contribution in [0.3, 0.4) is 0 Å². The van der Waals surface area contributed by atoms with Gasteiger partial charge in [0.1, 0.15) is 5.75 Å². The first-order valence-corrected chi connectivity index (χ1v) is 7.59. The van der Waals surface area contributed by atoms with Gasteiger partial charge in [-0.15, -0.1) is 0 Å². The molecule has 2 aromatic carbocycles. The van der Waals surface area contributed by atoms with Crippen LogP contribution in [0.2, 0.25) is 0 Å². The SMILES string of the molecule is CCc1nn(C)cc1NC(=O)COc1ccc2ccccc2c1. The monoisotopic (exact) mass is 309 g/mol. The zero-order chi connectivity index (χ0) is 16.2. The van der Waals surface area contributed by atoms with Crippen LogP contribution in [0.25, 0.3) is 10.8 Å². The Kier molecular flexibility index (Phi) is 4.28. The number of aromatic nitrogens is 2. The Hall–Kier alpha value is -2.82. The predicted octanol–water partition coefficient (Wildman–Crippen LogP) is 3.15. The van der Waals surface area contributed by atoms with Crippen LogP contribution in [0.1, 0.15) is 12.6 Å². The van der Waals surface area contributed by atoms with Gasteiger partial charge in [0.2, 0.25) is 0 Å². The standard InChI is InChI=1S/C18H19N3O2/c1-3-16-17(11-21(2)20-16)19-18(22)12-23-15-9-8-13-6-4-5-7-14(13)10-15/h4-11H,3,12H2,1-2H3,(H,19,22). The second kappa shape index (κ2) is 6.52.